The fourth-order valence-corrected chi connectivity index (χ4v) is 11.0. The maximum Gasteiger partial charge on any atom is 0.191 e. The van der Waals surface area contributed by atoms with E-state index in [-0.39, 0.29) is 69.3 Å². The smallest absolute Gasteiger partial charge is 0.191 e. The lowest BCUT2D eigenvalue weighted by molar-refractivity contribution is -0.122. The van der Waals surface area contributed by atoms with Crippen molar-refractivity contribution in [1.82, 2.24) is 0 Å². The Hall–Kier alpha value is -4.20. The Bertz CT molecular complexity index is 2790. The number of Topliss-reactive ketones (excluding diaryl/α,β-unsaturated/α-hetero) is 2. The van der Waals surface area contributed by atoms with Gasteiger partial charge in [-0.15, -0.1) is 11.8 Å². The SMILES string of the molecule is C=C(F)C(=O)CC(C)(C)C.CC(C)(C)CC1=NC(C)(C)CO1.CC(C)(C)CC1=NC(C)(C)CS1.CC(C)(C)CC1=NC(C)(CO)CO1.CC(C)(C)c1ccc(CCCCS(C)(=O)=O)o1.COCC(=O)CC/C=C/C(C)(C)C.C[C@@H]1COC(CC(C)(C)C)=N1.C[C@H]1COC(CC(C)(C)C)=N1. The van der Waals surface area contributed by atoms with Crippen LogP contribution in [0.25, 0.3) is 0 Å². The van der Waals surface area contributed by atoms with Crippen LogP contribution in [0.5, 0.6) is 0 Å². The molecule has 0 aromatic carbocycles. The van der Waals surface area contributed by atoms with Crippen molar-refractivity contribution in [2.24, 2.45) is 62.9 Å². The molecule has 3 atom stereocenters. The monoisotopic (exact) mass is 1440 g/mol. The summed E-state index contributed by atoms with van der Waals surface area (Å²) in [5.41, 5.74) is 1.32. The van der Waals surface area contributed by atoms with Crippen LogP contribution in [0.1, 0.15) is 290 Å². The highest BCUT2D eigenvalue weighted by Gasteiger charge is 2.33. The van der Waals surface area contributed by atoms with Crippen LogP contribution in [-0.2, 0) is 54.9 Å². The van der Waals surface area contributed by atoms with E-state index in [4.69, 9.17) is 33.2 Å². The maximum absolute atomic E-state index is 12.1. The molecule has 0 bridgehead atoms. The number of unbranched alkanes of at least 4 members (excludes halogenated alkanes) is 1. The molecule has 0 radical (unpaired) electrons. The number of carbonyl (C=O) groups is 2. The maximum atomic E-state index is 12.1. The summed E-state index contributed by atoms with van der Waals surface area (Å²) in [7, 11) is -1.28. The van der Waals surface area contributed by atoms with Gasteiger partial charge in [-0.2, -0.15) is 0 Å². The molecule has 99 heavy (non-hydrogen) atoms. The molecule has 6 heterocycles. The summed E-state index contributed by atoms with van der Waals surface area (Å²) in [4.78, 5) is 44.0. The van der Waals surface area contributed by atoms with Crippen molar-refractivity contribution in [2.45, 2.75) is 319 Å². The number of aliphatic hydroxyl groups is 1. The van der Waals surface area contributed by atoms with E-state index in [1.807, 2.05) is 51.6 Å². The van der Waals surface area contributed by atoms with Crippen LogP contribution in [0.2, 0.25) is 0 Å². The summed E-state index contributed by atoms with van der Waals surface area (Å²) < 4.78 is 66.2. The van der Waals surface area contributed by atoms with E-state index in [1.54, 1.807) is 7.11 Å². The molecule has 576 valence electrons. The number of furan rings is 1. The van der Waals surface area contributed by atoms with Crippen LogP contribution >= 0.6 is 11.8 Å². The van der Waals surface area contributed by atoms with Crippen LogP contribution in [0.15, 0.2) is 66.1 Å². The lowest BCUT2D eigenvalue weighted by atomic mass is 9.90. The first-order chi connectivity index (χ1) is 44.3. The Balaban J connectivity index is 0. The fraction of sp³-hybridized carbons (Fsp3) is 0.812. The molecule has 5 aliphatic rings. The Morgan fingerprint density at radius 3 is 1.41 bits per heavy atom. The van der Waals surface area contributed by atoms with Gasteiger partial charge < -0.3 is 33.2 Å². The van der Waals surface area contributed by atoms with Gasteiger partial charge in [-0.25, -0.2) is 32.8 Å². The number of carbonyl (C=O) groups excluding carboxylic acids is 2. The lowest BCUT2D eigenvalue weighted by Gasteiger charge is -2.17. The Labute approximate surface area is 609 Å². The van der Waals surface area contributed by atoms with Gasteiger partial charge >= 0.3 is 0 Å². The number of nitrogens with zero attached hydrogens (tertiary/aromatic N) is 5. The molecule has 0 amide bonds. The fourth-order valence-electron chi connectivity index (χ4n) is 8.89. The molecule has 5 aliphatic heterocycles. The molecule has 16 nitrogen and oxygen atoms in total. The summed E-state index contributed by atoms with van der Waals surface area (Å²) >= 11 is 1.93. The highest BCUT2D eigenvalue weighted by molar-refractivity contribution is 8.14. The quantitative estimate of drug-likeness (QED) is 0.0827. The molecule has 19 heteroatoms. The number of sulfone groups is 1. The van der Waals surface area contributed by atoms with E-state index in [0.717, 1.165) is 112 Å². The summed E-state index contributed by atoms with van der Waals surface area (Å²) in [6, 6.07) is 4.73. The molecular weight excluding hydrogens is 1290 g/mol. The topological polar surface area (TPSA) is 210 Å². The van der Waals surface area contributed by atoms with Crippen molar-refractivity contribution in [1.29, 1.82) is 0 Å². The van der Waals surface area contributed by atoms with E-state index < -0.39 is 27.0 Å². The zero-order valence-corrected chi connectivity index (χ0v) is 70.7. The van der Waals surface area contributed by atoms with Crippen molar-refractivity contribution < 1.29 is 55.6 Å². The Kier molecular flexibility index (Phi) is 41.0. The van der Waals surface area contributed by atoms with Gasteiger partial charge in [-0.05, 0) is 118 Å². The first kappa shape index (κ1) is 96.9. The second-order valence-corrected chi connectivity index (χ2v) is 41.5. The number of methoxy groups -OCH3 is 1. The highest BCUT2D eigenvalue weighted by Crippen LogP contribution is 2.34. The number of aliphatic imine (C=N–C) groups is 5. The average molecular weight is 1440 g/mol. The number of aliphatic hydroxyl groups excluding tert-OH is 1. The molecule has 0 aliphatic carbocycles. The number of ether oxygens (including phenoxy) is 5. The van der Waals surface area contributed by atoms with Crippen LogP contribution in [0.3, 0.4) is 0 Å². The molecule has 0 saturated carbocycles. The van der Waals surface area contributed by atoms with Crippen molar-refractivity contribution in [3.05, 3.63) is 48.2 Å². The van der Waals surface area contributed by atoms with Gasteiger partial charge in [0.2, 0.25) is 0 Å². The minimum absolute atomic E-state index is 0.000579. The zero-order valence-electron chi connectivity index (χ0n) is 69.1. The Morgan fingerprint density at radius 1 is 0.646 bits per heavy atom. The normalized spacial score (nSPS) is 19.6. The number of hydrogen-bond acceptors (Lipinski definition) is 17. The molecule has 1 unspecified atom stereocenters. The molecular formula is C80H146FN5O11S2. The standard InChI is InChI=1S/C13H22O3S.C11H20O2.C10H19NO2.C10H19NO.C10H19NS.2C9H17NO.C8H13FO/c1-13(2,3)12-9-8-11(16-12)7-5-6-10-17(4,14)15;1-11(2,3)8-6-5-7-10(12)9-13-4;1-9(2,3)5-8-11-10(4,6-12)7-13-8;2*1-9(2,3)6-8-11-10(4,5)7-12-8;2*1-7-6-11-8(10-7)5-9(2,3)4;1-6(9)7(10)5-8(2,3)4/h8-9H,5-7,10H2,1-4H3;6,8H,5,7,9H2,1-4H3;12H,5-7H2,1-4H3;2*6-7H2,1-5H3;2*7H,5-6H2,1-4H3;1,5H2,2-4H3/b;8-6+;;;;;;/t;;;;;2*7-;/m.....10./s1. The number of rotatable bonds is 18. The number of thioether (sulfide) groups is 1. The predicted octanol–water partition coefficient (Wildman–Crippen LogP) is 20.1. The first-order valence-electron chi connectivity index (χ1n) is 35.8. The largest absolute Gasteiger partial charge is 0.479 e. The van der Waals surface area contributed by atoms with Gasteiger partial charge in [0.05, 0.1) is 34.8 Å². The van der Waals surface area contributed by atoms with E-state index in [0.29, 0.717) is 47.8 Å². The summed E-state index contributed by atoms with van der Waals surface area (Å²) in [5, 5.41) is 10.4. The molecule has 6 rings (SSSR count). The summed E-state index contributed by atoms with van der Waals surface area (Å²) in [5.74, 6) is 5.76. The van der Waals surface area contributed by atoms with Crippen LogP contribution in [0.4, 0.5) is 4.39 Å². The number of ketones is 2. The molecule has 0 fully saturated rings. The van der Waals surface area contributed by atoms with Gasteiger partial charge in [0.25, 0.3) is 0 Å². The third-order valence-electron chi connectivity index (χ3n) is 13.5. The van der Waals surface area contributed by atoms with Gasteiger partial charge in [0.15, 0.2) is 41.0 Å². The van der Waals surface area contributed by atoms with Gasteiger partial charge in [-0.3, -0.25) is 14.6 Å². The van der Waals surface area contributed by atoms with Gasteiger partial charge in [0, 0.05) is 81.7 Å². The Morgan fingerprint density at radius 2 is 1.10 bits per heavy atom. The molecule has 1 N–H and O–H groups in total. The van der Waals surface area contributed by atoms with E-state index in [9.17, 15) is 22.4 Å². The number of aryl methyl sites for hydroxylation is 1. The number of allylic oxidation sites excluding steroid dienone is 3. The third kappa shape index (κ3) is 57.0. The highest BCUT2D eigenvalue weighted by atomic mass is 32.2. The summed E-state index contributed by atoms with van der Waals surface area (Å²) in [6.07, 6.45) is 14.3. The van der Waals surface area contributed by atoms with Crippen LogP contribution in [-0.4, -0.2) is 147 Å². The zero-order chi connectivity index (χ0) is 77.7. The van der Waals surface area contributed by atoms with E-state index >= 15 is 0 Å². The second kappa shape index (κ2) is 41.9. The predicted molar refractivity (Wildman–Crippen MR) is 420 cm³/mol. The first-order valence-corrected chi connectivity index (χ1v) is 38.8. The van der Waals surface area contributed by atoms with E-state index in [1.165, 1.54) is 11.3 Å². The van der Waals surface area contributed by atoms with Gasteiger partial charge in [0.1, 0.15) is 59.9 Å². The van der Waals surface area contributed by atoms with Crippen molar-refractivity contribution in [3.8, 4) is 0 Å². The third-order valence-corrected chi connectivity index (χ3v) is 16.0. The minimum atomic E-state index is -2.83. The molecule has 0 spiro atoms. The second-order valence-electron chi connectivity index (χ2n) is 38.2. The molecule has 0 saturated heterocycles. The van der Waals surface area contributed by atoms with Crippen molar-refractivity contribution in [3.63, 3.8) is 0 Å². The van der Waals surface area contributed by atoms with Crippen LogP contribution < -0.4 is 0 Å². The van der Waals surface area contributed by atoms with Crippen LogP contribution in [0, 0.1) is 37.9 Å². The van der Waals surface area contributed by atoms with E-state index in [2.05, 4.69) is 231 Å². The number of halogens is 1. The molecule has 1 aromatic rings. The lowest BCUT2D eigenvalue weighted by Crippen LogP contribution is -2.28. The van der Waals surface area contributed by atoms with Crippen molar-refractivity contribution >= 4 is 61.8 Å². The average Bonchev–Trinajstić information content (AvgIpc) is 1.74. The number of hydrogen-bond donors (Lipinski definition) is 1. The van der Waals surface area contributed by atoms with Crippen molar-refractivity contribution in [2.75, 3.05) is 64.5 Å². The minimum Gasteiger partial charge on any atom is -0.479 e. The molecule has 1 aromatic heterocycles. The van der Waals surface area contributed by atoms with Gasteiger partial charge in [-0.1, -0.05) is 185 Å². The summed E-state index contributed by atoms with van der Waals surface area (Å²) in [6.45, 7) is 72.1.